The summed E-state index contributed by atoms with van der Waals surface area (Å²) in [5, 5.41) is 4.58. The molecule has 1 N–H and O–H groups in total. The Labute approximate surface area is 126 Å². The minimum atomic E-state index is -0.302. The van der Waals surface area contributed by atoms with Gasteiger partial charge in [0, 0.05) is 5.38 Å². The standard InChI is InChI=1S/C16H16FNO2S/c1-3-14(11-4-6-13(17)7-5-11)18-16(20)12-8-15(10(2)19)21-9-12/h4-9,14H,3H2,1-2H3,(H,18,20)/t14-/m1/s1. The molecule has 0 aliphatic heterocycles. The lowest BCUT2D eigenvalue weighted by Gasteiger charge is -2.17. The number of carbonyl (C=O) groups is 2. The lowest BCUT2D eigenvalue weighted by Crippen LogP contribution is -2.27. The van der Waals surface area contributed by atoms with Crippen LogP contribution in [-0.4, -0.2) is 11.7 Å². The molecule has 3 nitrogen and oxygen atoms in total. The third-order valence-electron chi connectivity index (χ3n) is 3.19. The Morgan fingerprint density at radius 1 is 1.29 bits per heavy atom. The molecule has 0 aliphatic rings. The summed E-state index contributed by atoms with van der Waals surface area (Å²) in [5.74, 6) is -0.580. The Bertz CT molecular complexity index is 649. The van der Waals surface area contributed by atoms with Crippen LogP contribution < -0.4 is 5.32 Å². The Balaban J connectivity index is 2.12. The van der Waals surface area contributed by atoms with Crippen molar-refractivity contribution in [3.05, 3.63) is 57.5 Å². The predicted molar refractivity (Wildman–Crippen MR) is 81.2 cm³/mol. The Kier molecular flexibility index (Phi) is 4.85. The number of thiophene rings is 1. The molecule has 0 unspecified atom stereocenters. The highest BCUT2D eigenvalue weighted by Gasteiger charge is 2.16. The number of rotatable bonds is 5. The average molecular weight is 305 g/mol. The van der Waals surface area contributed by atoms with E-state index in [1.807, 2.05) is 6.92 Å². The summed E-state index contributed by atoms with van der Waals surface area (Å²) in [6.07, 6.45) is 0.696. The molecule has 2 aromatic rings. The fraction of sp³-hybridized carbons (Fsp3) is 0.250. The van der Waals surface area contributed by atoms with Crippen molar-refractivity contribution in [1.82, 2.24) is 5.32 Å². The van der Waals surface area contributed by atoms with E-state index in [0.717, 1.165) is 5.56 Å². The fourth-order valence-corrected chi connectivity index (χ4v) is 2.79. The van der Waals surface area contributed by atoms with Crippen LogP contribution in [0, 0.1) is 5.82 Å². The molecule has 1 heterocycles. The van der Waals surface area contributed by atoms with E-state index < -0.39 is 0 Å². The van der Waals surface area contributed by atoms with Gasteiger partial charge >= 0.3 is 0 Å². The summed E-state index contributed by atoms with van der Waals surface area (Å²) >= 11 is 1.26. The van der Waals surface area contributed by atoms with E-state index in [4.69, 9.17) is 0 Å². The highest BCUT2D eigenvalue weighted by atomic mass is 32.1. The van der Waals surface area contributed by atoms with E-state index in [9.17, 15) is 14.0 Å². The van der Waals surface area contributed by atoms with Crippen molar-refractivity contribution in [2.45, 2.75) is 26.3 Å². The first-order chi connectivity index (χ1) is 10.0. The molecule has 0 spiro atoms. The van der Waals surface area contributed by atoms with Gasteiger partial charge in [0.25, 0.3) is 5.91 Å². The number of hydrogen-bond acceptors (Lipinski definition) is 3. The molecule has 1 amide bonds. The van der Waals surface area contributed by atoms with Crippen LogP contribution >= 0.6 is 11.3 Å². The van der Waals surface area contributed by atoms with Crippen LogP contribution in [0.15, 0.2) is 35.7 Å². The van der Waals surface area contributed by atoms with Gasteiger partial charge in [0.2, 0.25) is 0 Å². The summed E-state index contributed by atoms with van der Waals surface area (Å²) in [6.45, 7) is 3.42. The molecule has 0 aliphatic carbocycles. The first kappa shape index (κ1) is 15.4. The van der Waals surface area contributed by atoms with Crippen molar-refractivity contribution in [2.24, 2.45) is 0 Å². The minimum Gasteiger partial charge on any atom is -0.345 e. The zero-order chi connectivity index (χ0) is 15.4. The minimum absolute atomic E-state index is 0.0513. The second-order valence-corrected chi connectivity index (χ2v) is 5.65. The third-order valence-corrected chi connectivity index (χ3v) is 4.23. The second kappa shape index (κ2) is 6.63. The van der Waals surface area contributed by atoms with Gasteiger partial charge in [-0.2, -0.15) is 0 Å². The summed E-state index contributed by atoms with van der Waals surface area (Å²) in [7, 11) is 0. The van der Waals surface area contributed by atoms with Crippen LogP contribution in [0.3, 0.4) is 0 Å². The smallest absolute Gasteiger partial charge is 0.252 e. The maximum absolute atomic E-state index is 12.9. The van der Waals surface area contributed by atoms with Crippen molar-refractivity contribution in [3.63, 3.8) is 0 Å². The number of nitrogens with one attached hydrogen (secondary N) is 1. The van der Waals surface area contributed by atoms with Crippen molar-refractivity contribution in [1.29, 1.82) is 0 Å². The Morgan fingerprint density at radius 2 is 1.95 bits per heavy atom. The van der Waals surface area contributed by atoms with E-state index in [1.165, 1.54) is 30.4 Å². The van der Waals surface area contributed by atoms with Crippen molar-refractivity contribution >= 4 is 23.0 Å². The van der Waals surface area contributed by atoms with Gasteiger partial charge in [-0.1, -0.05) is 19.1 Å². The first-order valence-corrected chi connectivity index (χ1v) is 7.55. The summed E-state index contributed by atoms with van der Waals surface area (Å²) in [6, 6.07) is 7.50. The van der Waals surface area contributed by atoms with Crippen molar-refractivity contribution in [3.8, 4) is 0 Å². The topological polar surface area (TPSA) is 46.2 Å². The largest absolute Gasteiger partial charge is 0.345 e. The number of hydrogen-bond donors (Lipinski definition) is 1. The monoisotopic (exact) mass is 305 g/mol. The summed E-state index contributed by atoms with van der Waals surface area (Å²) in [4.78, 5) is 24.0. The van der Waals surface area contributed by atoms with Gasteiger partial charge in [-0.3, -0.25) is 9.59 Å². The quantitative estimate of drug-likeness (QED) is 0.850. The van der Waals surface area contributed by atoms with E-state index >= 15 is 0 Å². The fourth-order valence-electron chi connectivity index (χ4n) is 2.00. The Hall–Kier alpha value is -2.01. The molecule has 1 aromatic carbocycles. The first-order valence-electron chi connectivity index (χ1n) is 6.67. The number of amides is 1. The summed E-state index contributed by atoms with van der Waals surface area (Å²) in [5.41, 5.74) is 1.33. The van der Waals surface area contributed by atoms with E-state index in [1.54, 1.807) is 23.6 Å². The van der Waals surface area contributed by atoms with Crippen molar-refractivity contribution in [2.75, 3.05) is 0 Å². The van der Waals surface area contributed by atoms with Gasteiger partial charge in [-0.05, 0) is 37.1 Å². The molecule has 21 heavy (non-hydrogen) atoms. The molecule has 0 saturated carbocycles. The van der Waals surface area contributed by atoms with Crippen LogP contribution in [0.4, 0.5) is 4.39 Å². The van der Waals surface area contributed by atoms with Crippen LogP contribution in [-0.2, 0) is 0 Å². The Morgan fingerprint density at radius 3 is 2.48 bits per heavy atom. The molecular weight excluding hydrogens is 289 g/mol. The van der Waals surface area contributed by atoms with E-state index in [0.29, 0.717) is 16.9 Å². The van der Waals surface area contributed by atoms with Gasteiger partial charge in [0.05, 0.1) is 16.5 Å². The number of halogens is 1. The molecule has 0 bridgehead atoms. The lowest BCUT2D eigenvalue weighted by atomic mass is 10.0. The number of carbonyl (C=O) groups excluding carboxylic acids is 2. The van der Waals surface area contributed by atoms with Gasteiger partial charge in [-0.25, -0.2) is 4.39 Å². The van der Waals surface area contributed by atoms with Gasteiger partial charge in [-0.15, -0.1) is 11.3 Å². The molecule has 1 atom stereocenters. The highest BCUT2D eigenvalue weighted by Crippen LogP contribution is 2.20. The number of benzene rings is 1. The summed E-state index contributed by atoms with van der Waals surface area (Å²) < 4.78 is 12.9. The molecule has 2 rings (SSSR count). The van der Waals surface area contributed by atoms with Gasteiger partial charge < -0.3 is 5.32 Å². The van der Waals surface area contributed by atoms with Crippen LogP contribution in [0.1, 0.15) is 51.9 Å². The average Bonchev–Trinajstić information content (AvgIpc) is 2.96. The molecule has 0 radical (unpaired) electrons. The SMILES string of the molecule is CC[C@@H](NC(=O)c1csc(C(C)=O)c1)c1ccc(F)cc1. The zero-order valence-corrected chi connectivity index (χ0v) is 12.7. The maximum Gasteiger partial charge on any atom is 0.252 e. The van der Waals surface area contributed by atoms with E-state index in [-0.39, 0.29) is 23.5 Å². The molecule has 1 aromatic heterocycles. The van der Waals surface area contributed by atoms with Crippen LogP contribution in [0.25, 0.3) is 0 Å². The second-order valence-electron chi connectivity index (χ2n) is 4.74. The molecule has 0 fully saturated rings. The highest BCUT2D eigenvalue weighted by molar-refractivity contribution is 7.12. The maximum atomic E-state index is 12.9. The predicted octanol–water partition coefficient (Wildman–Crippen LogP) is 3.97. The lowest BCUT2D eigenvalue weighted by molar-refractivity contribution is 0.0936. The van der Waals surface area contributed by atoms with Gasteiger partial charge in [0.1, 0.15) is 5.82 Å². The molecule has 0 saturated heterocycles. The normalized spacial score (nSPS) is 12.0. The third kappa shape index (κ3) is 3.76. The number of Topliss-reactive ketones (excluding diaryl/α,β-unsaturated/α-hetero) is 1. The van der Waals surface area contributed by atoms with Gasteiger partial charge in [0.15, 0.2) is 5.78 Å². The van der Waals surface area contributed by atoms with E-state index in [2.05, 4.69) is 5.32 Å². The molecular formula is C16H16FNO2S. The van der Waals surface area contributed by atoms with Crippen LogP contribution in [0.5, 0.6) is 0 Å². The molecule has 5 heteroatoms. The molecule has 110 valence electrons. The zero-order valence-electron chi connectivity index (χ0n) is 11.9. The van der Waals surface area contributed by atoms with Crippen molar-refractivity contribution < 1.29 is 14.0 Å². The number of ketones is 1. The van der Waals surface area contributed by atoms with Crippen LogP contribution in [0.2, 0.25) is 0 Å².